The second-order valence-corrected chi connectivity index (χ2v) is 8.43. The standard InChI is InChI=1S/C23H23N3O2S/c1-15-18(24-22(28-15)16-8-3-5-11-20(16)27-2)14-26-13-7-10-19(26)23-25-17-9-4-6-12-21(17)29-23/h3-6,8-9,11-12,19H,7,10,13-14H2,1-2H3/t19-/m0/s1. The van der Waals surface area contributed by atoms with Crippen molar-refractivity contribution in [3.05, 3.63) is 65.0 Å². The van der Waals surface area contributed by atoms with Gasteiger partial charge in [0.15, 0.2) is 0 Å². The molecule has 0 amide bonds. The lowest BCUT2D eigenvalue weighted by atomic mass is 10.2. The molecule has 0 radical (unpaired) electrons. The Balaban J connectivity index is 1.41. The van der Waals surface area contributed by atoms with E-state index >= 15 is 0 Å². The Morgan fingerprint density at radius 3 is 2.83 bits per heavy atom. The van der Waals surface area contributed by atoms with Crippen molar-refractivity contribution in [2.75, 3.05) is 13.7 Å². The number of nitrogens with zero attached hydrogens (tertiary/aromatic N) is 3. The van der Waals surface area contributed by atoms with Crippen LogP contribution in [-0.4, -0.2) is 28.5 Å². The van der Waals surface area contributed by atoms with Gasteiger partial charge in [-0.3, -0.25) is 4.90 Å². The van der Waals surface area contributed by atoms with Crippen molar-refractivity contribution >= 4 is 21.6 Å². The van der Waals surface area contributed by atoms with Gasteiger partial charge < -0.3 is 9.15 Å². The van der Waals surface area contributed by atoms with E-state index < -0.39 is 0 Å². The smallest absolute Gasteiger partial charge is 0.230 e. The highest BCUT2D eigenvalue weighted by Crippen LogP contribution is 2.38. The van der Waals surface area contributed by atoms with E-state index in [2.05, 4.69) is 29.2 Å². The first kappa shape index (κ1) is 18.3. The number of methoxy groups -OCH3 is 1. The van der Waals surface area contributed by atoms with E-state index in [1.807, 2.05) is 31.2 Å². The lowest BCUT2D eigenvalue weighted by Crippen LogP contribution is -2.23. The van der Waals surface area contributed by atoms with E-state index in [1.165, 1.54) is 16.1 Å². The van der Waals surface area contributed by atoms with Crippen LogP contribution in [0.25, 0.3) is 21.7 Å². The number of rotatable bonds is 5. The zero-order valence-electron chi connectivity index (χ0n) is 16.6. The topological polar surface area (TPSA) is 51.4 Å². The summed E-state index contributed by atoms with van der Waals surface area (Å²) in [5.74, 6) is 2.25. The third-order valence-corrected chi connectivity index (χ3v) is 6.68. The molecule has 0 unspecified atom stereocenters. The van der Waals surface area contributed by atoms with Crippen LogP contribution >= 0.6 is 11.3 Å². The number of aryl methyl sites for hydroxylation is 1. The van der Waals surface area contributed by atoms with Crippen LogP contribution < -0.4 is 4.74 Å². The van der Waals surface area contributed by atoms with Crippen LogP contribution in [-0.2, 0) is 6.54 Å². The second kappa shape index (κ2) is 7.61. The van der Waals surface area contributed by atoms with Crippen molar-refractivity contribution in [1.29, 1.82) is 0 Å². The summed E-state index contributed by atoms with van der Waals surface area (Å²) in [7, 11) is 1.67. The Morgan fingerprint density at radius 1 is 1.14 bits per heavy atom. The molecule has 2 aromatic heterocycles. The van der Waals surface area contributed by atoms with Crippen molar-refractivity contribution in [1.82, 2.24) is 14.9 Å². The van der Waals surface area contributed by atoms with Gasteiger partial charge in [0.2, 0.25) is 5.89 Å². The van der Waals surface area contributed by atoms with Crippen LogP contribution in [0.2, 0.25) is 0 Å². The molecule has 6 heteroatoms. The molecule has 5 nitrogen and oxygen atoms in total. The van der Waals surface area contributed by atoms with Crippen LogP contribution in [0.15, 0.2) is 52.9 Å². The van der Waals surface area contributed by atoms with E-state index in [0.29, 0.717) is 11.9 Å². The molecule has 0 bridgehead atoms. The summed E-state index contributed by atoms with van der Waals surface area (Å²) >= 11 is 1.81. The Bertz CT molecular complexity index is 1120. The highest BCUT2D eigenvalue weighted by molar-refractivity contribution is 7.18. The molecule has 5 rings (SSSR count). The summed E-state index contributed by atoms with van der Waals surface area (Å²) in [6.45, 7) is 3.81. The number of aromatic nitrogens is 2. The Kier molecular flexibility index (Phi) is 4.81. The fraction of sp³-hybridized carbons (Fsp3) is 0.304. The predicted molar refractivity (Wildman–Crippen MR) is 115 cm³/mol. The number of thiazole rings is 1. The van der Waals surface area contributed by atoms with Gasteiger partial charge in [0, 0.05) is 6.54 Å². The van der Waals surface area contributed by atoms with E-state index in [4.69, 9.17) is 19.1 Å². The average molecular weight is 406 g/mol. The molecule has 1 fully saturated rings. The Morgan fingerprint density at radius 2 is 1.97 bits per heavy atom. The quantitative estimate of drug-likeness (QED) is 0.432. The minimum Gasteiger partial charge on any atom is -0.496 e. The number of benzene rings is 2. The van der Waals surface area contributed by atoms with Crippen molar-refractivity contribution in [3.63, 3.8) is 0 Å². The third-order valence-electron chi connectivity index (χ3n) is 5.54. The summed E-state index contributed by atoms with van der Waals surface area (Å²) in [6, 6.07) is 16.6. The number of para-hydroxylation sites is 2. The number of likely N-dealkylation sites (tertiary alicyclic amines) is 1. The Hall–Kier alpha value is -2.70. The van der Waals surface area contributed by atoms with Gasteiger partial charge in [0.25, 0.3) is 0 Å². The summed E-state index contributed by atoms with van der Waals surface area (Å²) in [5, 5.41) is 1.20. The number of ether oxygens (including phenoxy) is 1. The number of oxazole rings is 1. The Labute approximate surface area is 174 Å². The molecule has 1 saturated heterocycles. The van der Waals surface area contributed by atoms with Gasteiger partial charge >= 0.3 is 0 Å². The number of hydrogen-bond acceptors (Lipinski definition) is 6. The van der Waals surface area contributed by atoms with Gasteiger partial charge in [-0.15, -0.1) is 11.3 Å². The SMILES string of the molecule is COc1ccccc1-c1nc(CN2CCC[C@H]2c2nc3ccccc3s2)c(C)o1. The lowest BCUT2D eigenvalue weighted by Gasteiger charge is -2.21. The van der Waals surface area contributed by atoms with Gasteiger partial charge in [0.05, 0.1) is 34.6 Å². The van der Waals surface area contributed by atoms with E-state index in [-0.39, 0.29) is 0 Å². The predicted octanol–water partition coefficient (Wildman–Crippen LogP) is 5.61. The first-order chi connectivity index (χ1) is 14.2. The van der Waals surface area contributed by atoms with E-state index in [1.54, 1.807) is 18.4 Å². The molecule has 1 atom stereocenters. The van der Waals surface area contributed by atoms with E-state index in [0.717, 1.165) is 47.8 Å². The van der Waals surface area contributed by atoms with Crippen molar-refractivity contribution in [2.45, 2.75) is 32.4 Å². The molecule has 4 aromatic rings. The first-order valence-corrected chi connectivity index (χ1v) is 10.7. The molecular weight excluding hydrogens is 382 g/mol. The maximum absolute atomic E-state index is 6.01. The minimum atomic E-state index is 0.346. The average Bonchev–Trinajstić information content (AvgIpc) is 3.46. The molecular formula is C23H23N3O2S. The molecule has 148 valence electrons. The van der Waals surface area contributed by atoms with Crippen LogP contribution in [0.3, 0.4) is 0 Å². The lowest BCUT2D eigenvalue weighted by molar-refractivity contribution is 0.244. The molecule has 29 heavy (non-hydrogen) atoms. The molecule has 2 aromatic carbocycles. The highest BCUT2D eigenvalue weighted by atomic mass is 32.1. The molecule has 0 aliphatic carbocycles. The van der Waals surface area contributed by atoms with Gasteiger partial charge in [-0.2, -0.15) is 0 Å². The zero-order valence-corrected chi connectivity index (χ0v) is 17.4. The second-order valence-electron chi connectivity index (χ2n) is 7.37. The summed E-state index contributed by atoms with van der Waals surface area (Å²) in [6.07, 6.45) is 2.31. The fourth-order valence-corrected chi connectivity index (χ4v) is 5.17. The number of fused-ring (bicyclic) bond motifs is 1. The summed E-state index contributed by atoms with van der Waals surface area (Å²) in [4.78, 5) is 12.2. The van der Waals surface area contributed by atoms with Crippen LogP contribution in [0.5, 0.6) is 5.75 Å². The zero-order chi connectivity index (χ0) is 19.8. The molecule has 1 aliphatic rings. The monoisotopic (exact) mass is 405 g/mol. The van der Waals surface area contributed by atoms with Crippen LogP contribution in [0, 0.1) is 6.92 Å². The summed E-state index contributed by atoms with van der Waals surface area (Å²) in [5.41, 5.74) is 2.96. The van der Waals surface area contributed by atoms with Crippen molar-refractivity contribution in [3.8, 4) is 17.2 Å². The van der Waals surface area contributed by atoms with Gasteiger partial charge in [-0.1, -0.05) is 24.3 Å². The van der Waals surface area contributed by atoms with Gasteiger partial charge in [-0.25, -0.2) is 9.97 Å². The van der Waals surface area contributed by atoms with Crippen molar-refractivity contribution in [2.24, 2.45) is 0 Å². The molecule has 3 heterocycles. The maximum Gasteiger partial charge on any atom is 0.230 e. The largest absolute Gasteiger partial charge is 0.496 e. The van der Waals surface area contributed by atoms with Gasteiger partial charge in [-0.05, 0) is 50.6 Å². The van der Waals surface area contributed by atoms with Crippen LogP contribution in [0.1, 0.15) is 35.3 Å². The third kappa shape index (κ3) is 3.43. The maximum atomic E-state index is 6.01. The van der Waals surface area contributed by atoms with Gasteiger partial charge in [0.1, 0.15) is 16.5 Å². The molecule has 0 N–H and O–H groups in total. The first-order valence-electron chi connectivity index (χ1n) is 9.92. The number of hydrogen-bond donors (Lipinski definition) is 0. The van der Waals surface area contributed by atoms with E-state index in [9.17, 15) is 0 Å². The molecule has 1 aliphatic heterocycles. The van der Waals surface area contributed by atoms with Crippen LogP contribution in [0.4, 0.5) is 0 Å². The minimum absolute atomic E-state index is 0.346. The normalized spacial score (nSPS) is 17.2. The van der Waals surface area contributed by atoms with Crippen molar-refractivity contribution < 1.29 is 9.15 Å². The highest BCUT2D eigenvalue weighted by Gasteiger charge is 2.30. The fourth-order valence-electron chi connectivity index (χ4n) is 4.03. The molecule has 0 saturated carbocycles. The summed E-state index contributed by atoms with van der Waals surface area (Å²) < 4.78 is 12.7. The molecule has 0 spiro atoms.